The summed E-state index contributed by atoms with van der Waals surface area (Å²) < 4.78 is 4.82. The van der Waals surface area contributed by atoms with Crippen molar-refractivity contribution in [1.29, 1.82) is 0 Å². The quantitative estimate of drug-likeness (QED) is 0.313. The Hall–Kier alpha value is -0.170. The van der Waals surface area contributed by atoms with E-state index in [4.69, 9.17) is 16.3 Å². The molecule has 0 unspecified atom stereocenters. The van der Waals surface area contributed by atoms with Crippen molar-refractivity contribution < 1.29 is 4.74 Å². The van der Waals surface area contributed by atoms with E-state index in [0.29, 0.717) is 12.5 Å². The van der Waals surface area contributed by atoms with Gasteiger partial charge in [-0.3, -0.25) is 0 Å². The maximum absolute atomic E-state index is 5.28. The third-order valence-corrected chi connectivity index (χ3v) is 0.582. The van der Waals surface area contributed by atoms with Gasteiger partial charge in [0, 0.05) is 0 Å². The molecule has 0 N–H and O–H groups in total. The molecule has 0 fully saturated rings. The van der Waals surface area contributed by atoms with E-state index in [1.165, 1.54) is 0 Å². The van der Waals surface area contributed by atoms with Gasteiger partial charge in [0.2, 0.25) is 0 Å². The van der Waals surface area contributed by atoms with E-state index in [1.807, 2.05) is 13.0 Å². The Labute approximate surface area is 48.9 Å². The van der Waals surface area contributed by atoms with Crippen LogP contribution in [0.1, 0.15) is 6.92 Å². The van der Waals surface area contributed by atoms with Crippen molar-refractivity contribution in [2.75, 3.05) is 12.5 Å². The molecule has 7 heavy (non-hydrogen) atoms. The molecule has 0 aliphatic rings. The summed E-state index contributed by atoms with van der Waals surface area (Å²) in [6.45, 7) is 2.50. The zero-order valence-corrected chi connectivity index (χ0v) is 5.11. The third kappa shape index (κ3) is 5.83. The summed E-state index contributed by atoms with van der Waals surface area (Å²) in [5.41, 5.74) is 0. The van der Waals surface area contributed by atoms with Crippen molar-refractivity contribution in [1.82, 2.24) is 0 Å². The average molecular weight is 121 g/mol. The Morgan fingerprint density at radius 3 is 2.86 bits per heavy atom. The summed E-state index contributed by atoms with van der Waals surface area (Å²) in [6, 6.07) is 0. The molecule has 0 atom stereocenters. The summed E-state index contributed by atoms with van der Waals surface area (Å²) in [5.74, 6) is 0.560. The Balaban J connectivity index is 2.69. The van der Waals surface area contributed by atoms with Gasteiger partial charge in [0.25, 0.3) is 0 Å². The standard InChI is InChI=1S/C5H9ClO/c1-2-4-7-5-3-6/h2,4H,3,5H2,1H3/b4-2-. The molecule has 0 aromatic heterocycles. The van der Waals surface area contributed by atoms with Crippen LogP contribution in [0.2, 0.25) is 0 Å². The molecular formula is C5H9ClO. The van der Waals surface area contributed by atoms with Gasteiger partial charge in [-0.15, -0.1) is 11.6 Å². The van der Waals surface area contributed by atoms with Crippen LogP contribution in [-0.2, 0) is 4.74 Å². The number of ether oxygens (including phenoxy) is 1. The van der Waals surface area contributed by atoms with Gasteiger partial charge in [-0.25, -0.2) is 0 Å². The molecule has 0 aliphatic heterocycles. The highest BCUT2D eigenvalue weighted by Gasteiger charge is 1.72. The topological polar surface area (TPSA) is 9.23 Å². The van der Waals surface area contributed by atoms with Crippen LogP contribution < -0.4 is 0 Å². The van der Waals surface area contributed by atoms with Gasteiger partial charge < -0.3 is 4.74 Å². The predicted molar refractivity (Wildman–Crippen MR) is 31.5 cm³/mol. The minimum Gasteiger partial charge on any atom is -0.500 e. The first-order valence-electron chi connectivity index (χ1n) is 2.20. The Bertz CT molecular complexity index is 52.0. The van der Waals surface area contributed by atoms with E-state index in [-0.39, 0.29) is 0 Å². The molecular weight excluding hydrogens is 112 g/mol. The number of allylic oxidation sites excluding steroid dienone is 1. The van der Waals surface area contributed by atoms with E-state index in [0.717, 1.165) is 0 Å². The molecule has 0 amide bonds. The molecule has 0 heterocycles. The Kier molecular flexibility index (Phi) is 5.69. The van der Waals surface area contributed by atoms with E-state index >= 15 is 0 Å². The largest absolute Gasteiger partial charge is 0.500 e. The second-order valence-electron chi connectivity index (χ2n) is 1.03. The van der Waals surface area contributed by atoms with E-state index in [1.54, 1.807) is 6.26 Å². The first-order valence-corrected chi connectivity index (χ1v) is 2.74. The Morgan fingerprint density at radius 2 is 2.43 bits per heavy atom. The van der Waals surface area contributed by atoms with E-state index in [2.05, 4.69) is 0 Å². The predicted octanol–water partition coefficient (Wildman–Crippen LogP) is 1.78. The normalized spacial score (nSPS) is 10.0. The summed E-state index contributed by atoms with van der Waals surface area (Å²) >= 11 is 5.28. The zero-order valence-electron chi connectivity index (χ0n) is 4.36. The van der Waals surface area contributed by atoms with Gasteiger partial charge in [0.05, 0.1) is 12.1 Å². The molecule has 0 aromatic rings. The van der Waals surface area contributed by atoms with Crippen molar-refractivity contribution in [2.24, 2.45) is 0 Å². The molecule has 0 saturated carbocycles. The SMILES string of the molecule is C/C=C\OCCCl. The third-order valence-electron chi connectivity index (χ3n) is 0.427. The summed E-state index contributed by atoms with van der Waals surface area (Å²) in [4.78, 5) is 0. The van der Waals surface area contributed by atoms with E-state index in [9.17, 15) is 0 Å². The minimum atomic E-state index is 0.560. The van der Waals surface area contributed by atoms with Crippen molar-refractivity contribution in [3.05, 3.63) is 12.3 Å². The van der Waals surface area contributed by atoms with Crippen LogP contribution in [0.15, 0.2) is 12.3 Å². The van der Waals surface area contributed by atoms with Crippen LogP contribution in [0.4, 0.5) is 0 Å². The van der Waals surface area contributed by atoms with E-state index < -0.39 is 0 Å². The van der Waals surface area contributed by atoms with Crippen LogP contribution in [0.3, 0.4) is 0 Å². The van der Waals surface area contributed by atoms with Crippen molar-refractivity contribution in [3.63, 3.8) is 0 Å². The molecule has 1 nitrogen and oxygen atoms in total. The maximum Gasteiger partial charge on any atom is 0.101 e. The van der Waals surface area contributed by atoms with Crippen LogP contribution in [0.25, 0.3) is 0 Å². The molecule has 0 aliphatic carbocycles. The zero-order chi connectivity index (χ0) is 5.54. The lowest BCUT2D eigenvalue weighted by molar-refractivity contribution is 0.271. The van der Waals surface area contributed by atoms with Crippen LogP contribution in [0, 0.1) is 0 Å². The fraction of sp³-hybridized carbons (Fsp3) is 0.600. The van der Waals surface area contributed by atoms with Crippen LogP contribution in [0.5, 0.6) is 0 Å². The number of alkyl halides is 1. The highest BCUT2D eigenvalue weighted by molar-refractivity contribution is 6.17. The first kappa shape index (κ1) is 6.83. The van der Waals surface area contributed by atoms with Gasteiger partial charge in [0.1, 0.15) is 6.61 Å². The highest BCUT2D eigenvalue weighted by atomic mass is 35.5. The van der Waals surface area contributed by atoms with Crippen molar-refractivity contribution in [3.8, 4) is 0 Å². The fourth-order valence-electron chi connectivity index (χ4n) is 0.209. The Morgan fingerprint density at radius 1 is 1.71 bits per heavy atom. The molecule has 0 rings (SSSR count). The molecule has 0 bridgehead atoms. The van der Waals surface area contributed by atoms with Crippen molar-refractivity contribution in [2.45, 2.75) is 6.92 Å². The number of rotatable bonds is 3. The highest BCUT2D eigenvalue weighted by Crippen LogP contribution is 1.78. The first-order chi connectivity index (χ1) is 3.41. The molecule has 2 heteroatoms. The lowest BCUT2D eigenvalue weighted by Crippen LogP contribution is -1.85. The second kappa shape index (κ2) is 5.83. The summed E-state index contributed by atoms with van der Waals surface area (Å²) in [6.07, 6.45) is 3.45. The number of hydrogen-bond acceptors (Lipinski definition) is 1. The lowest BCUT2D eigenvalue weighted by Gasteiger charge is -1.90. The number of halogens is 1. The summed E-state index contributed by atoms with van der Waals surface area (Å²) in [7, 11) is 0. The fourth-order valence-corrected chi connectivity index (χ4v) is 0.298. The molecule has 0 aromatic carbocycles. The van der Waals surface area contributed by atoms with Crippen LogP contribution in [-0.4, -0.2) is 12.5 Å². The average Bonchev–Trinajstić information content (AvgIpc) is 1.69. The smallest absolute Gasteiger partial charge is 0.101 e. The second-order valence-corrected chi connectivity index (χ2v) is 1.41. The molecule has 0 radical (unpaired) electrons. The van der Waals surface area contributed by atoms with Crippen LogP contribution >= 0.6 is 11.6 Å². The van der Waals surface area contributed by atoms with Gasteiger partial charge in [0.15, 0.2) is 0 Å². The number of hydrogen-bond donors (Lipinski definition) is 0. The van der Waals surface area contributed by atoms with Gasteiger partial charge in [-0.2, -0.15) is 0 Å². The van der Waals surface area contributed by atoms with Gasteiger partial charge in [-0.05, 0) is 6.92 Å². The molecule has 0 spiro atoms. The van der Waals surface area contributed by atoms with Gasteiger partial charge >= 0.3 is 0 Å². The lowest BCUT2D eigenvalue weighted by atomic mass is 10.7. The molecule has 42 valence electrons. The maximum atomic E-state index is 5.28. The minimum absolute atomic E-state index is 0.560. The summed E-state index contributed by atoms with van der Waals surface area (Å²) in [5, 5.41) is 0. The molecule has 0 saturated heterocycles. The monoisotopic (exact) mass is 120 g/mol. The van der Waals surface area contributed by atoms with Gasteiger partial charge in [-0.1, -0.05) is 6.08 Å². The van der Waals surface area contributed by atoms with Crippen molar-refractivity contribution >= 4 is 11.6 Å².